The Bertz CT molecular complexity index is 575. The van der Waals surface area contributed by atoms with E-state index in [1.807, 2.05) is 54.6 Å². The third kappa shape index (κ3) is 3.55. The number of carbonyl (C=O) groups excluding carboxylic acids is 1. The maximum Gasteiger partial charge on any atom is 0.182 e. The quantitative estimate of drug-likeness (QED) is 0.589. The molecular formula is C17H16O2. The van der Waals surface area contributed by atoms with Gasteiger partial charge < -0.3 is 4.74 Å². The number of ketones is 1. The summed E-state index contributed by atoms with van der Waals surface area (Å²) < 4.78 is 5.25. The van der Waals surface area contributed by atoms with E-state index in [1.54, 1.807) is 19.3 Å². The molecule has 0 radical (unpaired) electrons. The number of benzene rings is 1. The van der Waals surface area contributed by atoms with Gasteiger partial charge in [-0.15, -0.1) is 0 Å². The summed E-state index contributed by atoms with van der Waals surface area (Å²) >= 11 is 0. The molecule has 0 aromatic heterocycles. The van der Waals surface area contributed by atoms with Crippen LogP contribution in [0.5, 0.6) is 5.75 Å². The van der Waals surface area contributed by atoms with Gasteiger partial charge in [0.2, 0.25) is 0 Å². The highest BCUT2D eigenvalue weighted by atomic mass is 16.5. The molecule has 0 saturated heterocycles. The van der Waals surface area contributed by atoms with Crippen LogP contribution in [0.25, 0.3) is 6.08 Å². The molecule has 0 spiro atoms. The minimum Gasteiger partial charge on any atom is -0.496 e. The topological polar surface area (TPSA) is 26.3 Å². The van der Waals surface area contributed by atoms with Crippen molar-refractivity contribution in [2.75, 3.05) is 7.11 Å². The summed E-state index contributed by atoms with van der Waals surface area (Å²) in [7, 11) is 1.64. The average Bonchev–Trinajstić information content (AvgIpc) is 2.98. The highest BCUT2D eigenvalue weighted by Crippen LogP contribution is 2.18. The minimum absolute atomic E-state index is 0.0645. The van der Waals surface area contributed by atoms with Crippen LogP contribution in [-0.2, 0) is 4.79 Å². The number of methoxy groups -OCH3 is 1. The summed E-state index contributed by atoms with van der Waals surface area (Å²) in [4.78, 5) is 11.7. The Morgan fingerprint density at radius 1 is 1.26 bits per heavy atom. The Morgan fingerprint density at radius 2 is 2.11 bits per heavy atom. The van der Waals surface area contributed by atoms with Crippen LogP contribution in [0.1, 0.15) is 12.0 Å². The van der Waals surface area contributed by atoms with Crippen molar-refractivity contribution in [1.82, 2.24) is 0 Å². The van der Waals surface area contributed by atoms with Crippen LogP contribution in [0.15, 0.2) is 66.3 Å². The lowest BCUT2D eigenvalue weighted by Crippen LogP contribution is -1.94. The fourth-order valence-electron chi connectivity index (χ4n) is 1.84. The van der Waals surface area contributed by atoms with Crippen LogP contribution in [0, 0.1) is 0 Å². The van der Waals surface area contributed by atoms with Crippen molar-refractivity contribution in [3.05, 3.63) is 71.9 Å². The first-order valence-corrected chi connectivity index (χ1v) is 6.19. The van der Waals surface area contributed by atoms with Crippen LogP contribution < -0.4 is 4.74 Å². The summed E-state index contributed by atoms with van der Waals surface area (Å²) in [6.45, 7) is 0. The molecule has 0 amide bonds. The minimum atomic E-state index is 0.0645. The fraction of sp³-hybridized carbons (Fsp3) is 0.118. The molecule has 0 aliphatic heterocycles. The molecule has 0 fully saturated rings. The molecule has 0 heterocycles. The molecule has 19 heavy (non-hydrogen) atoms. The van der Waals surface area contributed by atoms with E-state index >= 15 is 0 Å². The van der Waals surface area contributed by atoms with Gasteiger partial charge >= 0.3 is 0 Å². The Morgan fingerprint density at radius 3 is 2.84 bits per heavy atom. The van der Waals surface area contributed by atoms with Gasteiger partial charge in [0.15, 0.2) is 5.78 Å². The van der Waals surface area contributed by atoms with Crippen LogP contribution in [-0.4, -0.2) is 12.9 Å². The summed E-state index contributed by atoms with van der Waals surface area (Å²) in [5.74, 6) is 0.885. The smallest absolute Gasteiger partial charge is 0.182 e. The Balaban J connectivity index is 1.98. The molecular weight excluding hydrogens is 236 g/mol. The third-order valence-electron chi connectivity index (χ3n) is 2.86. The standard InChI is InChI=1S/C17H16O2/c1-19-17-13-7-5-11-15(17)10-4-6-12-16(18)14-8-2-3-9-14/h2-8,10-13H,9H2,1H3. The summed E-state index contributed by atoms with van der Waals surface area (Å²) in [6, 6.07) is 7.75. The van der Waals surface area contributed by atoms with E-state index in [1.165, 1.54) is 0 Å². The number of ether oxygens (including phenoxy) is 1. The van der Waals surface area contributed by atoms with Crippen molar-refractivity contribution < 1.29 is 9.53 Å². The van der Waals surface area contributed by atoms with Gasteiger partial charge in [0.05, 0.1) is 7.11 Å². The van der Waals surface area contributed by atoms with E-state index in [2.05, 4.69) is 0 Å². The van der Waals surface area contributed by atoms with E-state index in [9.17, 15) is 4.79 Å². The predicted octanol–water partition coefficient (Wildman–Crippen LogP) is 3.72. The van der Waals surface area contributed by atoms with Gasteiger partial charge in [-0.2, -0.15) is 0 Å². The number of rotatable bonds is 5. The Labute approximate surface area is 113 Å². The SMILES string of the molecule is COc1ccccc1C=CC=CC(=O)C1=CC=CC1. The molecule has 2 rings (SSSR count). The van der Waals surface area contributed by atoms with Gasteiger partial charge in [0.25, 0.3) is 0 Å². The summed E-state index contributed by atoms with van der Waals surface area (Å²) in [5.41, 5.74) is 1.82. The van der Waals surface area contributed by atoms with Crippen LogP contribution in [0.4, 0.5) is 0 Å². The second-order valence-electron chi connectivity index (χ2n) is 4.15. The maximum atomic E-state index is 11.7. The molecule has 0 N–H and O–H groups in total. The molecule has 0 atom stereocenters. The normalized spacial score (nSPS) is 14.3. The maximum absolute atomic E-state index is 11.7. The summed E-state index contributed by atoms with van der Waals surface area (Å²) in [5, 5.41) is 0. The fourth-order valence-corrected chi connectivity index (χ4v) is 1.84. The largest absolute Gasteiger partial charge is 0.496 e. The van der Waals surface area contributed by atoms with Crippen molar-refractivity contribution in [2.45, 2.75) is 6.42 Å². The highest BCUT2D eigenvalue weighted by Gasteiger charge is 2.05. The molecule has 1 aromatic rings. The first-order chi connectivity index (χ1) is 9.31. The molecule has 0 unspecified atom stereocenters. The molecule has 96 valence electrons. The van der Waals surface area contributed by atoms with E-state index in [-0.39, 0.29) is 5.78 Å². The zero-order chi connectivity index (χ0) is 13.5. The average molecular weight is 252 g/mol. The van der Waals surface area contributed by atoms with Gasteiger partial charge in [-0.3, -0.25) is 4.79 Å². The van der Waals surface area contributed by atoms with Crippen molar-refractivity contribution >= 4 is 11.9 Å². The van der Waals surface area contributed by atoms with Crippen molar-refractivity contribution in [3.8, 4) is 5.75 Å². The number of carbonyl (C=O) groups is 1. The third-order valence-corrected chi connectivity index (χ3v) is 2.86. The zero-order valence-corrected chi connectivity index (χ0v) is 10.9. The van der Waals surface area contributed by atoms with Crippen molar-refractivity contribution in [3.63, 3.8) is 0 Å². The van der Waals surface area contributed by atoms with E-state index in [4.69, 9.17) is 4.74 Å². The Hall–Kier alpha value is -2.35. The first-order valence-electron chi connectivity index (χ1n) is 6.19. The van der Waals surface area contributed by atoms with Crippen molar-refractivity contribution in [2.24, 2.45) is 0 Å². The molecule has 1 aromatic carbocycles. The highest BCUT2D eigenvalue weighted by molar-refractivity contribution is 6.04. The number of hydrogen-bond acceptors (Lipinski definition) is 2. The van der Waals surface area contributed by atoms with Gasteiger partial charge in [0.1, 0.15) is 5.75 Å². The van der Waals surface area contributed by atoms with E-state index < -0.39 is 0 Å². The number of hydrogen-bond donors (Lipinski definition) is 0. The van der Waals surface area contributed by atoms with E-state index in [0.717, 1.165) is 23.3 Å². The number of allylic oxidation sites excluding steroid dienone is 7. The Kier molecular flexibility index (Phi) is 4.51. The van der Waals surface area contributed by atoms with Crippen LogP contribution >= 0.6 is 0 Å². The molecule has 2 nitrogen and oxygen atoms in total. The van der Waals surface area contributed by atoms with Gasteiger partial charge in [-0.1, -0.05) is 54.7 Å². The predicted molar refractivity (Wildman–Crippen MR) is 78.0 cm³/mol. The molecule has 0 saturated carbocycles. The molecule has 0 bridgehead atoms. The van der Waals surface area contributed by atoms with Gasteiger partial charge in [0, 0.05) is 11.1 Å². The lowest BCUT2D eigenvalue weighted by atomic mass is 10.1. The van der Waals surface area contributed by atoms with E-state index in [0.29, 0.717) is 0 Å². The van der Waals surface area contributed by atoms with Crippen LogP contribution in [0.2, 0.25) is 0 Å². The second-order valence-corrected chi connectivity index (χ2v) is 4.15. The zero-order valence-electron chi connectivity index (χ0n) is 10.9. The van der Waals surface area contributed by atoms with Crippen molar-refractivity contribution in [1.29, 1.82) is 0 Å². The molecule has 2 heteroatoms. The lowest BCUT2D eigenvalue weighted by molar-refractivity contribution is -0.111. The lowest BCUT2D eigenvalue weighted by Gasteiger charge is -2.02. The molecule has 1 aliphatic carbocycles. The number of para-hydroxylation sites is 1. The van der Waals surface area contributed by atoms with Crippen LogP contribution in [0.3, 0.4) is 0 Å². The molecule has 1 aliphatic rings. The van der Waals surface area contributed by atoms with Gasteiger partial charge in [-0.25, -0.2) is 0 Å². The summed E-state index contributed by atoms with van der Waals surface area (Å²) in [6.07, 6.45) is 13.6. The second kappa shape index (κ2) is 6.55. The monoisotopic (exact) mass is 252 g/mol. The van der Waals surface area contributed by atoms with Gasteiger partial charge in [-0.05, 0) is 18.6 Å². The first kappa shape index (κ1) is 13.1.